The summed E-state index contributed by atoms with van der Waals surface area (Å²) in [5.74, 6) is 0. The first-order valence-corrected chi connectivity index (χ1v) is 8.26. The summed E-state index contributed by atoms with van der Waals surface area (Å²) in [5.41, 5.74) is 4.17. The number of aryl methyl sites for hydroxylation is 2. The summed E-state index contributed by atoms with van der Waals surface area (Å²) >= 11 is 0. The average molecular weight is 289 g/mol. The highest BCUT2D eigenvalue weighted by Crippen LogP contribution is 2.19. The lowest BCUT2D eigenvalue weighted by atomic mass is 10.00. The molecule has 1 saturated heterocycles. The van der Waals surface area contributed by atoms with E-state index in [2.05, 4.69) is 68.1 Å². The Morgan fingerprint density at radius 1 is 1.24 bits per heavy atom. The predicted octanol–water partition coefficient (Wildman–Crippen LogP) is 2.59. The van der Waals surface area contributed by atoms with Crippen LogP contribution in [0.15, 0.2) is 18.2 Å². The fourth-order valence-electron chi connectivity index (χ4n) is 3.31. The van der Waals surface area contributed by atoms with Gasteiger partial charge in [-0.25, -0.2) is 0 Å². The van der Waals surface area contributed by atoms with Crippen molar-refractivity contribution in [1.82, 2.24) is 15.1 Å². The van der Waals surface area contributed by atoms with Gasteiger partial charge < -0.3 is 5.32 Å². The molecule has 1 fully saturated rings. The molecule has 0 spiro atoms. The van der Waals surface area contributed by atoms with Crippen LogP contribution in [-0.4, -0.2) is 55.6 Å². The summed E-state index contributed by atoms with van der Waals surface area (Å²) < 4.78 is 0. The van der Waals surface area contributed by atoms with E-state index in [1.165, 1.54) is 42.9 Å². The highest BCUT2D eigenvalue weighted by atomic mass is 15.3. The number of hydrogen-bond acceptors (Lipinski definition) is 3. The van der Waals surface area contributed by atoms with Gasteiger partial charge in [-0.3, -0.25) is 9.80 Å². The quantitative estimate of drug-likeness (QED) is 0.899. The maximum absolute atomic E-state index is 3.50. The van der Waals surface area contributed by atoms with Crippen LogP contribution >= 0.6 is 0 Å². The van der Waals surface area contributed by atoms with Crippen LogP contribution in [0.1, 0.15) is 36.6 Å². The van der Waals surface area contributed by atoms with Crippen LogP contribution in [0.2, 0.25) is 0 Å². The Morgan fingerprint density at radius 2 is 2.00 bits per heavy atom. The van der Waals surface area contributed by atoms with Crippen molar-refractivity contribution in [2.75, 3.05) is 39.8 Å². The molecule has 0 aromatic heterocycles. The van der Waals surface area contributed by atoms with Gasteiger partial charge in [0.05, 0.1) is 0 Å². The van der Waals surface area contributed by atoms with Crippen molar-refractivity contribution >= 4 is 0 Å². The van der Waals surface area contributed by atoms with Crippen LogP contribution in [0.5, 0.6) is 0 Å². The number of rotatable bonds is 5. The highest BCUT2D eigenvalue weighted by Gasteiger charge is 2.24. The zero-order valence-electron chi connectivity index (χ0n) is 14.3. The van der Waals surface area contributed by atoms with Gasteiger partial charge in [-0.2, -0.15) is 0 Å². The molecule has 1 heterocycles. The lowest BCUT2D eigenvalue weighted by Crippen LogP contribution is -2.53. The van der Waals surface area contributed by atoms with E-state index in [1.54, 1.807) is 0 Å². The van der Waals surface area contributed by atoms with Gasteiger partial charge >= 0.3 is 0 Å². The van der Waals surface area contributed by atoms with Crippen LogP contribution < -0.4 is 5.32 Å². The normalized spacial score (nSPS) is 22.4. The van der Waals surface area contributed by atoms with E-state index >= 15 is 0 Å². The summed E-state index contributed by atoms with van der Waals surface area (Å²) in [5, 5.41) is 3.50. The van der Waals surface area contributed by atoms with Gasteiger partial charge in [0.1, 0.15) is 0 Å². The monoisotopic (exact) mass is 289 g/mol. The van der Waals surface area contributed by atoms with Gasteiger partial charge in [-0.05, 0) is 51.1 Å². The van der Waals surface area contributed by atoms with Crippen molar-refractivity contribution in [3.63, 3.8) is 0 Å². The lowest BCUT2D eigenvalue weighted by molar-refractivity contribution is 0.0818. The van der Waals surface area contributed by atoms with Crippen molar-refractivity contribution in [1.29, 1.82) is 0 Å². The lowest BCUT2D eigenvalue weighted by Gasteiger charge is -2.40. The summed E-state index contributed by atoms with van der Waals surface area (Å²) in [7, 11) is 2.07. The minimum atomic E-state index is 0.421. The second-order valence-corrected chi connectivity index (χ2v) is 6.42. The maximum atomic E-state index is 3.50. The third-order valence-corrected chi connectivity index (χ3v) is 4.98. The van der Waals surface area contributed by atoms with E-state index < -0.39 is 0 Å². The summed E-state index contributed by atoms with van der Waals surface area (Å²) in [6, 6.07) is 7.94. The fraction of sp³-hybridized carbons (Fsp3) is 0.667. The number of benzene rings is 1. The van der Waals surface area contributed by atoms with Gasteiger partial charge in [-0.1, -0.05) is 25.1 Å². The minimum Gasteiger partial charge on any atom is -0.312 e. The number of likely N-dealkylation sites (N-methyl/N-ethyl adjacent to an activating group) is 2. The molecule has 1 aliphatic heterocycles. The number of piperazine rings is 1. The maximum Gasteiger partial charge on any atom is 0.0446 e. The Balaban J connectivity index is 2.01. The van der Waals surface area contributed by atoms with E-state index in [1.807, 2.05) is 0 Å². The van der Waals surface area contributed by atoms with Crippen LogP contribution in [0.3, 0.4) is 0 Å². The molecule has 1 aliphatic rings. The molecule has 2 unspecified atom stereocenters. The Morgan fingerprint density at radius 3 is 2.57 bits per heavy atom. The summed E-state index contributed by atoms with van der Waals surface area (Å²) in [6.07, 6.45) is 0. The van der Waals surface area contributed by atoms with Gasteiger partial charge in [0.15, 0.2) is 0 Å². The average Bonchev–Trinajstić information content (AvgIpc) is 2.48. The third-order valence-electron chi connectivity index (χ3n) is 4.98. The first kappa shape index (κ1) is 16.5. The molecular weight excluding hydrogens is 258 g/mol. The standard InChI is InChI=1S/C18H31N3/c1-6-21-10-9-20(12-16(21)4)13-18(19-5)17-8-7-14(2)15(3)11-17/h7-8,11,16,18-19H,6,9-10,12-13H2,1-5H3. The second kappa shape index (κ2) is 7.39. The van der Waals surface area contributed by atoms with Crippen LogP contribution in [0.25, 0.3) is 0 Å². The first-order valence-electron chi connectivity index (χ1n) is 8.26. The molecule has 2 atom stereocenters. The smallest absolute Gasteiger partial charge is 0.0446 e. The molecule has 0 amide bonds. The number of nitrogens with zero attached hydrogens (tertiary/aromatic N) is 2. The molecule has 0 radical (unpaired) electrons. The van der Waals surface area contributed by atoms with Gasteiger partial charge in [0.25, 0.3) is 0 Å². The minimum absolute atomic E-state index is 0.421. The van der Waals surface area contributed by atoms with Crippen molar-refractivity contribution in [3.8, 4) is 0 Å². The molecule has 1 aromatic rings. The molecule has 0 bridgehead atoms. The van der Waals surface area contributed by atoms with Crippen molar-refractivity contribution in [2.45, 2.75) is 39.8 Å². The first-order chi connectivity index (χ1) is 10.0. The topological polar surface area (TPSA) is 18.5 Å². The number of nitrogens with one attached hydrogen (secondary N) is 1. The molecule has 2 rings (SSSR count). The molecule has 1 aromatic carbocycles. The van der Waals surface area contributed by atoms with E-state index in [0.29, 0.717) is 12.1 Å². The van der Waals surface area contributed by atoms with Gasteiger partial charge in [0.2, 0.25) is 0 Å². The molecule has 3 nitrogen and oxygen atoms in total. The molecule has 1 N–H and O–H groups in total. The van der Waals surface area contributed by atoms with Crippen molar-refractivity contribution in [2.24, 2.45) is 0 Å². The van der Waals surface area contributed by atoms with E-state index in [0.717, 1.165) is 6.54 Å². The van der Waals surface area contributed by atoms with E-state index in [4.69, 9.17) is 0 Å². The Hall–Kier alpha value is -0.900. The Kier molecular flexibility index (Phi) is 5.80. The van der Waals surface area contributed by atoms with Crippen molar-refractivity contribution in [3.05, 3.63) is 34.9 Å². The summed E-state index contributed by atoms with van der Waals surface area (Å²) in [4.78, 5) is 5.17. The van der Waals surface area contributed by atoms with Crippen LogP contribution in [-0.2, 0) is 0 Å². The molecule has 21 heavy (non-hydrogen) atoms. The number of hydrogen-bond donors (Lipinski definition) is 1. The highest BCUT2D eigenvalue weighted by molar-refractivity contribution is 5.31. The summed E-state index contributed by atoms with van der Waals surface area (Å²) in [6.45, 7) is 14.8. The fourth-order valence-corrected chi connectivity index (χ4v) is 3.31. The van der Waals surface area contributed by atoms with Gasteiger partial charge in [-0.15, -0.1) is 0 Å². The predicted molar refractivity (Wildman–Crippen MR) is 90.9 cm³/mol. The van der Waals surface area contributed by atoms with Crippen LogP contribution in [0, 0.1) is 13.8 Å². The second-order valence-electron chi connectivity index (χ2n) is 6.42. The molecule has 0 aliphatic carbocycles. The SMILES string of the molecule is CCN1CCN(CC(NC)c2ccc(C)c(C)c2)CC1C. The Bertz CT molecular complexity index is 458. The largest absolute Gasteiger partial charge is 0.312 e. The van der Waals surface area contributed by atoms with E-state index in [-0.39, 0.29) is 0 Å². The molecule has 3 heteroatoms. The molecular formula is C18H31N3. The van der Waals surface area contributed by atoms with Crippen molar-refractivity contribution < 1.29 is 0 Å². The Labute approximate surface area is 130 Å². The molecule has 0 saturated carbocycles. The van der Waals surface area contributed by atoms with Crippen LogP contribution in [0.4, 0.5) is 0 Å². The third kappa shape index (κ3) is 4.06. The zero-order chi connectivity index (χ0) is 15.4. The van der Waals surface area contributed by atoms with Gasteiger partial charge in [0, 0.05) is 38.3 Å². The zero-order valence-corrected chi connectivity index (χ0v) is 14.3. The molecule has 118 valence electrons. The van der Waals surface area contributed by atoms with E-state index in [9.17, 15) is 0 Å².